The Hall–Kier alpha value is -3.34. The fourth-order valence-electron chi connectivity index (χ4n) is 3.41. The first-order chi connectivity index (χ1) is 13.8. The van der Waals surface area contributed by atoms with Crippen molar-refractivity contribution >= 4 is 16.7 Å². The molecule has 146 valence electrons. The zero-order valence-electron chi connectivity index (χ0n) is 15.7. The number of ketones is 1. The lowest BCUT2D eigenvalue weighted by molar-refractivity contribution is -0.137. The smallest absolute Gasteiger partial charge is 0.342 e. The fraction of sp³-hybridized carbons (Fsp3) is 0.125. The van der Waals surface area contributed by atoms with Crippen LogP contribution in [-0.2, 0) is 12.7 Å². The van der Waals surface area contributed by atoms with Gasteiger partial charge in [0.2, 0.25) is 0 Å². The Kier molecular flexibility index (Phi) is 4.74. The van der Waals surface area contributed by atoms with Gasteiger partial charge in [0.05, 0.1) is 5.56 Å². The summed E-state index contributed by atoms with van der Waals surface area (Å²) in [6.45, 7) is 2.34. The highest BCUT2D eigenvalue weighted by Crippen LogP contribution is 2.30. The molecule has 0 unspecified atom stereocenters. The van der Waals surface area contributed by atoms with Crippen molar-refractivity contribution in [1.82, 2.24) is 4.57 Å². The molecule has 1 aromatic heterocycles. The zero-order chi connectivity index (χ0) is 20.6. The van der Waals surface area contributed by atoms with Crippen LogP contribution in [0.2, 0.25) is 0 Å². The molecule has 1 heterocycles. The molecule has 29 heavy (non-hydrogen) atoms. The molecule has 4 rings (SSSR count). The number of carbonyl (C=O) groups excluding carboxylic acids is 1. The summed E-state index contributed by atoms with van der Waals surface area (Å²) >= 11 is 0. The maximum atomic E-state index is 13.1. The van der Waals surface area contributed by atoms with Crippen molar-refractivity contribution in [3.63, 3.8) is 0 Å². The molecule has 0 amide bonds. The highest BCUT2D eigenvalue weighted by atomic mass is 19.4. The van der Waals surface area contributed by atoms with Crippen molar-refractivity contribution in [2.75, 3.05) is 0 Å². The number of rotatable bonds is 4. The molecule has 0 saturated carbocycles. The number of benzene rings is 3. The van der Waals surface area contributed by atoms with Gasteiger partial charge >= 0.3 is 6.18 Å². The Labute approximate surface area is 166 Å². The van der Waals surface area contributed by atoms with Gasteiger partial charge in [0.25, 0.3) is 0 Å². The van der Waals surface area contributed by atoms with Crippen LogP contribution in [0.1, 0.15) is 32.6 Å². The molecule has 3 aromatic carbocycles. The molecule has 0 N–H and O–H groups in total. The topological polar surface area (TPSA) is 22.0 Å². The van der Waals surface area contributed by atoms with E-state index in [9.17, 15) is 18.0 Å². The van der Waals surface area contributed by atoms with Crippen LogP contribution in [0.4, 0.5) is 13.2 Å². The summed E-state index contributed by atoms with van der Waals surface area (Å²) < 4.78 is 40.3. The molecule has 0 spiro atoms. The Bertz CT molecular complexity index is 1170. The van der Waals surface area contributed by atoms with Gasteiger partial charge in [-0.1, -0.05) is 60.2 Å². The van der Waals surface area contributed by atoms with Crippen LogP contribution in [0.25, 0.3) is 10.9 Å². The van der Waals surface area contributed by atoms with Crippen LogP contribution in [0, 0.1) is 6.92 Å². The van der Waals surface area contributed by atoms with Gasteiger partial charge in [-0.2, -0.15) is 13.2 Å². The predicted molar refractivity (Wildman–Crippen MR) is 107 cm³/mol. The normalized spacial score (nSPS) is 11.7. The van der Waals surface area contributed by atoms with Crippen LogP contribution in [0.3, 0.4) is 0 Å². The zero-order valence-corrected chi connectivity index (χ0v) is 15.7. The quantitative estimate of drug-likeness (QED) is 0.376. The molecule has 0 aliphatic heterocycles. The van der Waals surface area contributed by atoms with E-state index in [4.69, 9.17) is 0 Å². The van der Waals surface area contributed by atoms with E-state index in [1.165, 1.54) is 12.1 Å². The van der Waals surface area contributed by atoms with E-state index >= 15 is 0 Å². The third kappa shape index (κ3) is 3.81. The van der Waals surface area contributed by atoms with E-state index in [-0.39, 0.29) is 5.78 Å². The van der Waals surface area contributed by atoms with E-state index in [2.05, 4.69) is 0 Å². The summed E-state index contributed by atoms with van der Waals surface area (Å²) in [6.07, 6.45) is -2.57. The third-order valence-corrected chi connectivity index (χ3v) is 4.98. The second-order valence-electron chi connectivity index (χ2n) is 7.08. The van der Waals surface area contributed by atoms with Gasteiger partial charge < -0.3 is 4.57 Å². The largest absolute Gasteiger partial charge is 0.416 e. The van der Waals surface area contributed by atoms with Crippen molar-refractivity contribution in [1.29, 1.82) is 0 Å². The Morgan fingerprint density at radius 1 is 0.897 bits per heavy atom. The maximum Gasteiger partial charge on any atom is 0.416 e. The van der Waals surface area contributed by atoms with Crippen molar-refractivity contribution in [2.45, 2.75) is 19.6 Å². The van der Waals surface area contributed by atoms with Crippen LogP contribution in [-0.4, -0.2) is 10.4 Å². The van der Waals surface area contributed by atoms with E-state index in [1.54, 1.807) is 18.3 Å². The van der Waals surface area contributed by atoms with Gasteiger partial charge in [-0.05, 0) is 30.7 Å². The maximum absolute atomic E-state index is 13.1. The minimum absolute atomic E-state index is 0.0765. The van der Waals surface area contributed by atoms with Crippen molar-refractivity contribution < 1.29 is 18.0 Å². The number of para-hydroxylation sites is 1. The Balaban J connectivity index is 1.71. The first-order valence-corrected chi connectivity index (χ1v) is 9.18. The molecular weight excluding hydrogens is 375 g/mol. The van der Waals surface area contributed by atoms with Gasteiger partial charge in [-0.15, -0.1) is 0 Å². The van der Waals surface area contributed by atoms with Gasteiger partial charge in [0, 0.05) is 34.8 Å². The fourth-order valence-corrected chi connectivity index (χ4v) is 3.41. The minimum atomic E-state index is -4.35. The second-order valence-corrected chi connectivity index (χ2v) is 7.08. The number of hydrogen-bond acceptors (Lipinski definition) is 1. The number of hydrogen-bond donors (Lipinski definition) is 0. The van der Waals surface area contributed by atoms with Crippen molar-refractivity contribution in [2.24, 2.45) is 0 Å². The molecule has 4 aromatic rings. The SMILES string of the molecule is Cc1ccc(C(=O)c2cn(Cc3ccc(C(F)(F)F)cc3)c3ccccc23)cc1. The molecule has 0 aliphatic rings. The third-order valence-electron chi connectivity index (χ3n) is 4.98. The summed E-state index contributed by atoms with van der Waals surface area (Å²) in [6, 6.07) is 20.1. The lowest BCUT2D eigenvalue weighted by Gasteiger charge is -2.09. The molecule has 0 aliphatic carbocycles. The van der Waals surface area contributed by atoms with Crippen molar-refractivity contribution in [3.05, 3.63) is 107 Å². The lowest BCUT2D eigenvalue weighted by atomic mass is 10.0. The second kappa shape index (κ2) is 7.24. The molecule has 0 fully saturated rings. The van der Waals surface area contributed by atoms with Gasteiger partial charge in [0.1, 0.15) is 0 Å². The average Bonchev–Trinajstić information content (AvgIpc) is 3.06. The minimum Gasteiger partial charge on any atom is -0.342 e. The predicted octanol–water partition coefficient (Wildman–Crippen LogP) is 6.25. The monoisotopic (exact) mass is 393 g/mol. The molecule has 0 radical (unpaired) electrons. The van der Waals surface area contributed by atoms with E-state index in [0.717, 1.165) is 34.2 Å². The molecule has 0 atom stereocenters. The van der Waals surface area contributed by atoms with Crippen LogP contribution in [0.5, 0.6) is 0 Å². The molecule has 5 heteroatoms. The van der Waals surface area contributed by atoms with Crippen LogP contribution >= 0.6 is 0 Å². The number of aromatic nitrogens is 1. The highest BCUT2D eigenvalue weighted by Gasteiger charge is 2.30. The van der Waals surface area contributed by atoms with Crippen LogP contribution < -0.4 is 0 Å². The Morgan fingerprint density at radius 2 is 1.55 bits per heavy atom. The Morgan fingerprint density at radius 3 is 2.21 bits per heavy atom. The van der Waals surface area contributed by atoms with E-state index in [0.29, 0.717) is 17.7 Å². The highest BCUT2D eigenvalue weighted by molar-refractivity contribution is 6.16. The molecule has 0 saturated heterocycles. The summed E-state index contributed by atoms with van der Waals surface area (Å²) in [4.78, 5) is 13.1. The summed E-state index contributed by atoms with van der Waals surface area (Å²) in [5.74, 6) is -0.0765. The first-order valence-electron chi connectivity index (χ1n) is 9.18. The van der Waals surface area contributed by atoms with Crippen molar-refractivity contribution in [3.8, 4) is 0 Å². The summed E-state index contributed by atoms with van der Waals surface area (Å²) in [5.41, 5.74) is 3.18. The van der Waals surface area contributed by atoms with E-state index in [1.807, 2.05) is 47.9 Å². The van der Waals surface area contributed by atoms with Gasteiger partial charge in [-0.25, -0.2) is 0 Å². The van der Waals surface area contributed by atoms with Gasteiger partial charge in [-0.3, -0.25) is 4.79 Å². The number of aryl methyl sites for hydroxylation is 1. The number of fused-ring (bicyclic) bond motifs is 1. The van der Waals surface area contributed by atoms with Gasteiger partial charge in [0.15, 0.2) is 5.78 Å². The standard InChI is InChI=1S/C24H18F3NO/c1-16-6-10-18(11-7-16)23(29)21-15-28(22-5-3-2-4-20(21)22)14-17-8-12-19(13-9-17)24(25,26)27/h2-13,15H,14H2,1H3. The number of halogens is 3. The summed E-state index contributed by atoms with van der Waals surface area (Å²) in [5, 5.41) is 0.824. The average molecular weight is 393 g/mol. The van der Waals surface area contributed by atoms with E-state index < -0.39 is 11.7 Å². The number of nitrogens with zero attached hydrogens (tertiary/aromatic N) is 1. The lowest BCUT2D eigenvalue weighted by Crippen LogP contribution is -2.05. The number of carbonyl (C=O) groups is 1. The molecular formula is C24H18F3NO. The molecule has 0 bridgehead atoms. The molecule has 2 nitrogen and oxygen atoms in total. The summed E-state index contributed by atoms with van der Waals surface area (Å²) in [7, 11) is 0. The first kappa shape index (κ1) is 19.0. The number of alkyl halides is 3. The van der Waals surface area contributed by atoms with Crippen LogP contribution in [0.15, 0.2) is 79.0 Å².